The van der Waals surface area contributed by atoms with Gasteiger partial charge < -0.3 is 20.3 Å². The minimum Gasteiger partial charge on any atom is -0.444 e. The van der Waals surface area contributed by atoms with Gasteiger partial charge in [0.05, 0.1) is 5.75 Å². The van der Waals surface area contributed by atoms with E-state index in [2.05, 4.69) is 34.2 Å². The molecule has 0 heterocycles. The summed E-state index contributed by atoms with van der Waals surface area (Å²) in [4.78, 5) is 18.2. The molecule has 0 fully saturated rings. The van der Waals surface area contributed by atoms with E-state index in [1.165, 1.54) is 0 Å². The zero-order valence-corrected chi connectivity index (χ0v) is 22.2. The number of hydrogen-bond acceptors (Lipinski definition) is 5. The average Bonchev–Trinajstić information content (AvgIpc) is 2.56. The van der Waals surface area contributed by atoms with Crippen LogP contribution in [0.2, 0.25) is 0 Å². The van der Waals surface area contributed by atoms with Gasteiger partial charge in [-0.1, -0.05) is 13.8 Å². The topological polar surface area (TPSA) is 112 Å². The van der Waals surface area contributed by atoms with Crippen LogP contribution >= 0.6 is 24.0 Å². The van der Waals surface area contributed by atoms with Crippen LogP contribution in [-0.4, -0.2) is 76.5 Å². The summed E-state index contributed by atoms with van der Waals surface area (Å²) in [6.45, 7) is 12.6. The van der Waals surface area contributed by atoms with Gasteiger partial charge in [0.25, 0.3) is 0 Å². The van der Waals surface area contributed by atoms with Crippen LogP contribution in [0.15, 0.2) is 4.99 Å². The number of aliphatic imine (C=N–C) groups is 1. The monoisotopic (exact) mass is 549 g/mol. The summed E-state index contributed by atoms with van der Waals surface area (Å²) < 4.78 is 30.7. The minimum absolute atomic E-state index is 0. The number of guanidine groups is 1. The summed E-state index contributed by atoms with van der Waals surface area (Å²) in [6, 6.07) is -0.0354. The van der Waals surface area contributed by atoms with E-state index in [4.69, 9.17) is 4.74 Å². The Labute approximate surface area is 193 Å². The molecule has 0 spiro atoms. The van der Waals surface area contributed by atoms with Crippen LogP contribution in [0.1, 0.15) is 48.0 Å². The highest BCUT2D eigenvalue weighted by molar-refractivity contribution is 14.0. The molecule has 1 unspecified atom stereocenters. The van der Waals surface area contributed by atoms with Crippen LogP contribution in [0, 0.1) is 5.92 Å². The maximum Gasteiger partial charge on any atom is 0.407 e. The second kappa shape index (κ2) is 14.2. The summed E-state index contributed by atoms with van der Waals surface area (Å²) in [5.74, 6) is 0.970. The first-order chi connectivity index (χ1) is 12.8. The molecule has 1 amide bonds. The van der Waals surface area contributed by atoms with Gasteiger partial charge in [0.2, 0.25) is 10.0 Å². The van der Waals surface area contributed by atoms with Gasteiger partial charge in [-0.25, -0.2) is 17.9 Å². The Kier molecular flexibility index (Phi) is 14.9. The largest absolute Gasteiger partial charge is 0.444 e. The molecule has 174 valence electrons. The van der Waals surface area contributed by atoms with E-state index in [0.29, 0.717) is 19.0 Å². The first-order valence-corrected chi connectivity index (χ1v) is 11.3. The summed E-state index contributed by atoms with van der Waals surface area (Å²) in [5.41, 5.74) is -0.534. The molecular formula is C18H40IN5O4S. The van der Waals surface area contributed by atoms with Crippen molar-refractivity contribution in [1.29, 1.82) is 0 Å². The summed E-state index contributed by atoms with van der Waals surface area (Å²) in [7, 11) is 0.378. The number of carbonyl (C=O) groups excluding carboxylic acids is 1. The lowest BCUT2D eigenvalue weighted by molar-refractivity contribution is 0.0485. The molecule has 0 aliphatic heterocycles. The summed E-state index contributed by atoms with van der Waals surface area (Å²) in [6.07, 6.45) is 0.302. The summed E-state index contributed by atoms with van der Waals surface area (Å²) in [5, 5.41) is 6.06. The van der Waals surface area contributed by atoms with Crippen LogP contribution in [-0.2, 0) is 14.8 Å². The smallest absolute Gasteiger partial charge is 0.407 e. The molecule has 0 aliphatic rings. The first-order valence-electron chi connectivity index (χ1n) is 9.70. The number of alkyl carbamates (subject to hydrolysis) is 1. The van der Waals surface area contributed by atoms with Gasteiger partial charge in [-0.2, -0.15) is 0 Å². The van der Waals surface area contributed by atoms with E-state index in [0.717, 1.165) is 6.42 Å². The van der Waals surface area contributed by atoms with Crippen LogP contribution in [0.3, 0.4) is 0 Å². The van der Waals surface area contributed by atoms with Crippen molar-refractivity contribution in [2.75, 3.05) is 39.5 Å². The first kappa shape index (κ1) is 30.4. The number of hydrogen-bond donors (Lipinski definition) is 3. The zero-order valence-electron chi connectivity index (χ0n) is 19.0. The zero-order chi connectivity index (χ0) is 22.0. The quantitative estimate of drug-likeness (QED) is 0.166. The number of rotatable bonds is 10. The second-order valence-corrected chi connectivity index (χ2v) is 10.1. The lowest BCUT2D eigenvalue weighted by atomic mass is 10.0. The van der Waals surface area contributed by atoms with Gasteiger partial charge in [0.1, 0.15) is 5.60 Å². The van der Waals surface area contributed by atoms with Crippen LogP contribution in [0.5, 0.6) is 0 Å². The molecule has 0 rings (SSSR count). The van der Waals surface area contributed by atoms with Crippen molar-refractivity contribution in [3.63, 3.8) is 0 Å². The fourth-order valence-electron chi connectivity index (χ4n) is 2.34. The maximum atomic E-state index is 12.0. The molecule has 9 nitrogen and oxygen atoms in total. The molecule has 0 aromatic carbocycles. The molecule has 0 aromatic heterocycles. The van der Waals surface area contributed by atoms with Gasteiger partial charge in [-0.05, 0) is 40.0 Å². The normalized spacial score (nSPS) is 13.5. The molecule has 1 atom stereocenters. The van der Waals surface area contributed by atoms with Gasteiger partial charge in [-0.15, -0.1) is 24.0 Å². The molecule has 0 radical (unpaired) electrons. The van der Waals surface area contributed by atoms with E-state index in [1.54, 1.807) is 14.0 Å². The number of ether oxygens (including phenoxy) is 1. The Morgan fingerprint density at radius 3 is 2.24 bits per heavy atom. The Hall–Kier alpha value is -0.820. The lowest BCUT2D eigenvalue weighted by Gasteiger charge is -2.28. The van der Waals surface area contributed by atoms with Crippen molar-refractivity contribution in [1.82, 2.24) is 20.3 Å². The Morgan fingerprint density at radius 2 is 1.79 bits per heavy atom. The van der Waals surface area contributed by atoms with E-state index in [1.807, 2.05) is 32.7 Å². The summed E-state index contributed by atoms with van der Waals surface area (Å²) >= 11 is 0. The standard InChI is InChI=1S/C18H39N5O4S.HI/c1-9-28(25,26)21-12-11-20-16(19-7)23(8)13-10-15(14(2)3)22-17(24)27-18(4,5)6;/h14-15,21H,9-13H2,1-8H3,(H,19,20)(H,22,24);1H. The number of carbonyl (C=O) groups is 1. The van der Waals surface area contributed by atoms with E-state index in [-0.39, 0.29) is 48.2 Å². The fraction of sp³-hybridized carbons (Fsp3) is 0.889. The average molecular weight is 550 g/mol. The molecule has 0 saturated heterocycles. The highest BCUT2D eigenvalue weighted by atomic mass is 127. The molecule has 11 heteroatoms. The highest BCUT2D eigenvalue weighted by Crippen LogP contribution is 2.11. The molecular weight excluding hydrogens is 509 g/mol. The van der Waals surface area contributed by atoms with Crippen molar-refractivity contribution < 1.29 is 17.9 Å². The third kappa shape index (κ3) is 14.8. The van der Waals surface area contributed by atoms with E-state index >= 15 is 0 Å². The number of nitrogens with zero attached hydrogens (tertiary/aromatic N) is 2. The van der Waals surface area contributed by atoms with Crippen molar-refractivity contribution >= 4 is 46.1 Å². The number of nitrogens with one attached hydrogen (secondary N) is 3. The Morgan fingerprint density at radius 1 is 1.21 bits per heavy atom. The van der Waals surface area contributed by atoms with Crippen molar-refractivity contribution in [2.24, 2.45) is 10.9 Å². The minimum atomic E-state index is -3.20. The molecule has 29 heavy (non-hydrogen) atoms. The molecule has 3 N–H and O–H groups in total. The van der Waals surface area contributed by atoms with Gasteiger partial charge in [0.15, 0.2) is 5.96 Å². The van der Waals surface area contributed by atoms with Gasteiger partial charge >= 0.3 is 6.09 Å². The molecule has 0 bridgehead atoms. The third-order valence-electron chi connectivity index (χ3n) is 3.97. The van der Waals surface area contributed by atoms with Crippen LogP contribution in [0.25, 0.3) is 0 Å². The Balaban J connectivity index is 0. The van der Waals surface area contributed by atoms with Gasteiger partial charge in [0, 0.05) is 39.8 Å². The van der Waals surface area contributed by atoms with Gasteiger partial charge in [-0.3, -0.25) is 4.99 Å². The number of halogens is 1. The van der Waals surface area contributed by atoms with Crippen LogP contribution in [0.4, 0.5) is 4.79 Å². The Bertz CT molecular complexity index is 606. The lowest BCUT2D eigenvalue weighted by Crippen LogP contribution is -2.46. The van der Waals surface area contributed by atoms with E-state index in [9.17, 15) is 13.2 Å². The van der Waals surface area contributed by atoms with Crippen LogP contribution < -0.4 is 15.4 Å². The van der Waals surface area contributed by atoms with Crippen molar-refractivity contribution in [3.8, 4) is 0 Å². The highest BCUT2D eigenvalue weighted by Gasteiger charge is 2.22. The predicted octanol–water partition coefficient (Wildman–Crippen LogP) is 1.99. The molecule has 0 aliphatic carbocycles. The molecule has 0 saturated carbocycles. The maximum absolute atomic E-state index is 12.0. The predicted molar refractivity (Wildman–Crippen MR) is 129 cm³/mol. The second-order valence-electron chi connectivity index (χ2n) is 7.98. The number of sulfonamides is 1. The SMILES string of the molecule is CCS(=O)(=O)NCCNC(=NC)N(C)CCC(NC(=O)OC(C)(C)C)C(C)C.I. The third-order valence-corrected chi connectivity index (χ3v) is 5.37. The number of amides is 1. The molecule has 0 aromatic rings. The van der Waals surface area contributed by atoms with Crippen molar-refractivity contribution in [3.05, 3.63) is 0 Å². The fourth-order valence-corrected chi connectivity index (χ4v) is 2.95. The van der Waals surface area contributed by atoms with E-state index < -0.39 is 21.7 Å². The van der Waals surface area contributed by atoms with Crippen molar-refractivity contribution in [2.45, 2.75) is 59.6 Å².